The second-order valence-electron chi connectivity index (χ2n) is 4.54. The highest BCUT2D eigenvalue weighted by Crippen LogP contribution is 2.27. The molecule has 0 aliphatic carbocycles. The van der Waals surface area contributed by atoms with Crippen molar-refractivity contribution < 1.29 is 13.5 Å². The minimum absolute atomic E-state index is 0.212. The van der Waals surface area contributed by atoms with Crippen molar-refractivity contribution in [3.8, 4) is 5.75 Å². The van der Waals surface area contributed by atoms with E-state index in [1.807, 2.05) is 13.0 Å². The monoisotopic (exact) mass is 263 g/mol. The molecule has 2 aromatic rings. The Hall–Kier alpha value is -1.81. The first-order chi connectivity index (χ1) is 9.11. The number of halogens is 1. The van der Waals surface area contributed by atoms with Crippen LogP contribution in [0.5, 0.6) is 5.75 Å². The molecule has 4 heteroatoms. The maximum absolute atomic E-state index is 13.5. The average molecular weight is 263 g/mol. The lowest BCUT2D eigenvalue weighted by molar-refractivity contribution is 0.144. The first kappa shape index (κ1) is 13.6. The van der Waals surface area contributed by atoms with Gasteiger partial charge in [0, 0.05) is 12.1 Å². The molecule has 0 spiro atoms. The number of benzene rings is 1. The molecule has 3 nitrogen and oxygen atoms in total. The molecular weight excluding hydrogens is 245 g/mol. The number of rotatable bonds is 5. The van der Waals surface area contributed by atoms with E-state index in [0.29, 0.717) is 17.1 Å². The van der Waals surface area contributed by atoms with Crippen LogP contribution >= 0.6 is 0 Å². The van der Waals surface area contributed by atoms with Gasteiger partial charge in [-0.05, 0) is 37.1 Å². The number of nitrogens with two attached hydrogens (primary N) is 1. The van der Waals surface area contributed by atoms with Gasteiger partial charge in [0.1, 0.15) is 17.3 Å². The van der Waals surface area contributed by atoms with Gasteiger partial charge in [0.15, 0.2) is 6.10 Å². The summed E-state index contributed by atoms with van der Waals surface area (Å²) in [5.74, 6) is 0.810. The smallest absolute Gasteiger partial charge is 0.171 e. The van der Waals surface area contributed by atoms with Crippen molar-refractivity contribution in [1.29, 1.82) is 0 Å². The first-order valence-electron chi connectivity index (χ1n) is 6.33. The fourth-order valence-electron chi connectivity index (χ4n) is 1.82. The second kappa shape index (κ2) is 5.89. The number of hydrogen-bond acceptors (Lipinski definition) is 3. The van der Waals surface area contributed by atoms with Crippen LogP contribution in [0.4, 0.5) is 4.39 Å². The van der Waals surface area contributed by atoms with Crippen molar-refractivity contribution in [2.24, 2.45) is 5.73 Å². The Labute approximate surface area is 112 Å². The highest BCUT2D eigenvalue weighted by molar-refractivity contribution is 5.28. The van der Waals surface area contributed by atoms with Crippen LogP contribution in [0, 0.1) is 12.7 Å². The second-order valence-corrected chi connectivity index (χ2v) is 4.54. The Balaban J connectivity index is 2.23. The van der Waals surface area contributed by atoms with Crippen molar-refractivity contribution in [2.45, 2.75) is 32.4 Å². The van der Waals surface area contributed by atoms with E-state index in [1.54, 1.807) is 31.4 Å². The lowest BCUT2D eigenvalue weighted by Crippen LogP contribution is -2.31. The van der Waals surface area contributed by atoms with Crippen LogP contribution in [-0.2, 0) is 0 Å². The average Bonchev–Trinajstić information content (AvgIpc) is 2.93. The third-order valence-corrected chi connectivity index (χ3v) is 3.09. The van der Waals surface area contributed by atoms with Crippen molar-refractivity contribution in [2.75, 3.05) is 0 Å². The summed E-state index contributed by atoms with van der Waals surface area (Å²) in [4.78, 5) is 0. The minimum atomic E-state index is -0.415. The summed E-state index contributed by atoms with van der Waals surface area (Å²) in [5.41, 5.74) is 6.63. The van der Waals surface area contributed by atoms with Gasteiger partial charge in [0.05, 0.1) is 6.26 Å². The number of ether oxygens (including phenoxy) is 1. The molecule has 1 heterocycles. The van der Waals surface area contributed by atoms with E-state index >= 15 is 0 Å². The summed E-state index contributed by atoms with van der Waals surface area (Å²) >= 11 is 0. The fourth-order valence-corrected chi connectivity index (χ4v) is 1.82. The summed E-state index contributed by atoms with van der Waals surface area (Å²) in [6, 6.07) is 8.16. The molecule has 0 amide bonds. The molecule has 1 aromatic heterocycles. The molecule has 0 aliphatic rings. The van der Waals surface area contributed by atoms with Crippen molar-refractivity contribution in [1.82, 2.24) is 0 Å². The molecule has 0 bridgehead atoms. The standard InChI is InChI=1S/C15H18FNO2/c1-3-13(17)15(14-5-4-8-18-14)19-11-7-6-10(2)12(16)9-11/h4-9,13,15H,3,17H2,1-2H3. The summed E-state index contributed by atoms with van der Waals surface area (Å²) in [6.45, 7) is 3.68. The van der Waals surface area contributed by atoms with E-state index in [-0.39, 0.29) is 11.9 Å². The van der Waals surface area contributed by atoms with Crippen LogP contribution < -0.4 is 10.5 Å². The molecule has 2 N–H and O–H groups in total. The molecule has 0 radical (unpaired) electrons. The lowest BCUT2D eigenvalue weighted by atomic mass is 10.1. The lowest BCUT2D eigenvalue weighted by Gasteiger charge is -2.22. The zero-order valence-corrected chi connectivity index (χ0v) is 11.1. The zero-order chi connectivity index (χ0) is 13.8. The molecule has 1 aromatic carbocycles. The Bertz CT molecular complexity index is 525. The van der Waals surface area contributed by atoms with E-state index < -0.39 is 6.10 Å². The van der Waals surface area contributed by atoms with Crippen LogP contribution in [0.3, 0.4) is 0 Å². The van der Waals surface area contributed by atoms with E-state index in [4.69, 9.17) is 14.9 Å². The largest absolute Gasteiger partial charge is 0.481 e. The predicted octanol–water partition coefficient (Wildman–Crippen LogP) is 3.58. The third-order valence-electron chi connectivity index (χ3n) is 3.09. The third kappa shape index (κ3) is 3.15. The van der Waals surface area contributed by atoms with Gasteiger partial charge in [0.2, 0.25) is 0 Å². The molecule has 2 rings (SSSR count). The van der Waals surface area contributed by atoms with Gasteiger partial charge in [-0.1, -0.05) is 13.0 Å². The fraction of sp³-hybridized carbons (Fsp3) is 0.333. The Morgan fingerprint density at radius 3 is 2.74 bits per heavy atom. The quantitative estimate of drug-likeness (QED) is 0.896. The number of furan rings is 1. The number of aryl methyl sites for hydroxylation is 1. The molecule has 19 heavy (non-hydrogen) atoms. The molecular formula is C15H18FNO2. The van der Waals surface area contributed by atoms with Gasteiger partial charge < -0.3 is 14.9 Å². The Morgan fingerprint density at radius 2 is 2.16 bits per heavy atom. The van der Waals surface area contributed by atoms with Gasteiger partial charge in [-0.15, -0.1) is 0 Å². The highest BCUT2D eigenvalue weighted by Gasteiger charge is 2.23. The number of hydrogen-bond donors (Lipinski definition) is 1. The van der Waals surface area contributed by atoms with E-state index in [2.05, 4.69) is 0 Å². The van der Waals surface area contributed by atoms with Crippen LogP contribution in [-0.4, -0.2) is 6.04 Å². The van der Waals surface area contributed by atoms with Crippen molar-refractivity contribution in [3.63, 3.8) is 0 Å². The topological polar surface area (TPSA) is 48.4 Å². The van der Waals surface area contributed by atoms with Crippen LogP contribution in [0.15, 0.2) is 41.0 Å². The van der Waals surface area contributed by atoms with Gasteiger partial charge in [-0.25, -0.2) is 4.39 Å². The van der Waals surface area contributed by atoms with Gasteiger partial charge in [-0.3, -0.25) is 0 Å². The minimum Gasteiger partial charge on any atom is -0.481 e. The molecule has 0 aliphatic heterocycles. The van der Waals surface area contributed by atoms with Crippen molar-refractivity contribution >= 4 is 0 Å². The predicted molar refractivity (Wildman–Crippen MR) is 71.5 cm³/mol. The summed E-state index contributed by atoms with van der Waals surface area (Å²) < 4.78 is 24.7. The maximum atomic E-state index is 13.5. The van der Waals surface area contributed by atoms with Crippen LogP contribution in [0.25, 0.3) is 0 Å². The van der Waals surface area contributed by atoms with Gasteiger partial charge >= 0.3 is 0 Å². The molecule has 102 valence electrons. The Morgan fingerprint density at radius 1 is 1.37 bits per heavy atom. The molecule has 0 saturated heterocycles. The maximum Gasteiger partial charge on any atom is 0.171 e. The van der Waals surface area contributed by atoms with E-state index in [0.717, 1.165) is 6.42 Å². The zero-order valence-electron chi connectivity index (χ0n) is 11.1. The normalized spacial score (nSPS) is 14.1. The van der Waals surface area contributed by atoms with Crippen molar-refractivity contribution in [3.05, 3.63) is 53.7 Å². The van der Waals surface area contributed by atoms with E-state index in [9.17, 15) is 4.39 Å². The molecule has 2 unspecified atom stereocenters. The van der Waals surface area contributed by atoms with Gasteiger partial charge in [-0.2, -0.15) is 0 Å². The summed E-state index contributed by atoms with van der Waals surface area (Å²) in [5, 5.41) is 0. The van der Waals surface area contributed by atoms with Crippen LogP contribution in [0.2, 0.25) is 0 Å². The first-order valence-corrected chi connectivity index (χ1v) is 6.33. The van der Waals surface area contributed by atoms with E-state index in [1.165, 1.54) is 6.07 Å². The Kier molecular flexibility index (Phi) is 4.22. The highest BCUT2D eigenvalue weighted by atomic mass is 19.1. The summed E-state index contributed by atoms with van der Waals surface area (Å²) in [7, 11) is 0. The van der Waals surface area contributed by atoms with Gasteiger partial charge in [0.25, 0.3) is 0 Å². The van der Waals surface area contributed by atoms with Crippen LogP contribution in [0.1, 0.15) is 30.8 Å². The molecule has 2 atom stereocenters. The molecule has 0 saturated carbocycles. The SMILES string of the molecule is CCC(N)C(Oc1ccc(C)c(F)c1)c1ccco1. The summed E-state index contributed by atoms with van der Waals surface area (Å²) in [6.07, 6.45) is 1.89. The molecule has 0 fully saturated rings.